The number of aromatic nitrogens is 1. The number of hydrogen-bond acceptors (Lipinski definition) is 6. The van der Waals surface area contributed by atoms with Crippen molar-refractivity contribution in [3.8, 4) is 0 Å². The monoisotopic (exact) mass is 297 g/mol. The normalized spacial score (nSPS) is 16.4. The van der Waals surface area contributed by atoms with Crippen LogP contribution in [-0.4, -0.2) is 67.5 Å². The van der Waals surface area contributed by atoms with E-state index in [-0.39, 0.29) is 5.91 Å². The molecule has 2 N–H and O–H groups in total. The lowest BCUT2D eigenvalue weighted by molar-refractivity contribution is 0.0643. The first-order valence-electron chi connectivity index (χ1n) is 6.98. The molecule has 20 heavy (non-hydrogen) atoms. The van der Waals surface area contributed by atoms with Crippen molar-refractivity contribution in [2.45, 2.75) is 13.3 Å². The van der Waals surface area contributed by atoms with Crippen LogP contribution in [0.4, 0.5) is 10.9 Å². The van der Waals surface area contributed by atoms with E-state index >= 15 is 0 Å². The van der Waals surface area contributed by atoms with Crippen LogP contribution in [-0.2, 0) is 0 Å². The van der Waals surface area contributed by atoms with Gasteiger partial charge in [-0.1, -0.05) is 18.3 Å². The van der Waals surface area contributed by atoms with Crippen LogP contribution in [0.5, 0.6) is 0 Å². The fourth-order valence-electron chi connectivity index (χ4n) is 2.30. The zero-order valence-corrected chi connectivity index (χ0v) is 13.2. The van der Waals surface area contributed by atoms with Crippen LogP contribution >= 0.6 is 11.3 Å². The third kappa shape index (κ3) is 3.21. The van der Waals surface area contributed by atoms with Gasteiger partial charge in [-0.05, 0) is 13.0 Å². The minimum atomic E-state index is 0.0178. The van der Waals surface area contributed by atoms with E-state index in [0.717, 1.165) is 44.3 Å². The van der Waals surface area contributed by atoms with Gasteiger partial charge in [-0.3, -0.25) is 9.69 Å². The van der Waals surface area contributed by atoms with Crippen molar-refractivity contribution in [1.29, 1.82) is 0 Å². The minimum absolute atomic E-state index is 0.0178. The number of anilines is 2. The molecule has 1 fully saturated rings. The van der Waals surface area contributed by atoms with Gasteiger partial charge in [-0.25, -0.2) is 4.98 Å². The first-order valence-corrected chi connectivity index (χ1v) is 7.79. The maximum atomic E-state index is 12.5. The van der Waals surface area contributed by atoms with Gasteiger partial charge in [0.15, 0.2) is 5.13 Å². The van der Waals surface area contributed by atoms with Crippen molar-refractivity contribution >= 4 is 28.2 Å². The molecule has 1 amide bonds. The molecule has 0 unspecified atom stereocenters. The molecule has 0 aliphatic carbocycles. The Morgan fingerprint density at radius 3 is 2.50 bits per heavy atom. The Morgan fingerprint density at radius 1 is 1.35 bits per heavy atom. The number of nitrogens with zero attached hydrogens (tertiary/aromatic N) is 4. The quantitative estimate of drug-likeness (QED) is 0.896. The predicted octanol–water partition coefficient (Wildman–Crippen LogP) is 0.959. The Kier molecular flexibility index (Phi) is 4.82. The molecule has 1 aromatic heterocycles. The Balaban J connectivity index is 2.02. The second kappa shape index (κ2) is 6.41. The van der Waals surface area contributed by atoms with Gasteiger partial charge < -0.3 is 15.5 Å². The number of carbonyl (C=O) groups excluding carboxylic acids is 1. The van der Waals surface area contributed by atoms with E-state index in [4.69, 9.17) is 5.73 Å². The van der Waals surface area contributed by atoms with Crippen molar-refractivity contribution in [1.82, 2.24) is 14.8 Å². The van der Waals surface area contributed by atoms with Crippen LogP contribution in [0.25, 0.3) is 0 Å². The molecular weight excluding hydrogens is 274 g/mol. The largest absolute Gasteiger partial charge is 0.382 e. The Bertz CT molecular complexity index is 465. The Hall–Kier alpha value is -1.34. The molecule has 0 aromatic carbocycles. The fraction of sp³-hybridized carbons (Fsp3) is 0.692. The van der Waals surface area contributed by atoms with E-state index in [0.29, 0.717) is 10.7 Å². The number of piperazine rings is 1. The molecule has 1 saturated heterocycles. The molecular formula is C13H23N5OS. The number of nitrogens with two attached hydrogens (primary N) is 1. The molecule has 7 heteroatoms. The van der Waals surface area contributed by atoms with Crippen molar-refractivity contribution in [2.24, 2.45) is 0 Å². The lowest BCUT2D eigenvalue weighted by atomic mass is 10.3. The zero-order chi connectivity index (χ0) is 14.7. The van der Waals surface area contributed by atoms with Crippen LogP contribution < -0.4 is 10.6 Å². The van der Waals surface area contributed by atoms with Gasteiger partial charge >= 0.3 is 0 Å². The summed E-state index contributed by atoms with van der Waals surface area (Å²) >= 11 is 1.37. The summed E-state index contributed by atoms with van der Waals surface area (Å²) in [4.78, 5) is 23.5. The zero-order valence-electron chi connectivity index (χ0n) is 12.4. The van der Waals surface area contributed by atoms with Crippen LogP contribution in [0, 0.1) is 0 Å². The number of thiazole rings is 1. The third-order valence-corrected chi connectivity index (χ3v) is 4.65. The summed E-state index contributed by atoms with van der Waals surface area (Å²) in [7, 11) is 3.80. The van der Waals surface area contributed by atoms with Crippen molar-refractivity contribution in [3.63, 3.8) is 0 Å². The van der Waals surface area contributed by atoms with E-state index in [1.807, 2.05) is 23.9 Å². The summed E-state index contributed by atoms with van der Waals surface area (Å²) in [6.45, 7) is 6.71. The molecule has 2 rings (SSSR count). The Morgan fingerprint density at radius 2 is 2.00 bits per heavy atom. The Labute approximate surface area is 124 Å². The van der Waals surface area contributed by atoms with Gasteiger partial charge in [0, 0.05) is 40.3 Å². The number of nitrogen functional groups attached to an aromatic ring is 1. The van der Waals surface area contributed by atoms with E-state index in [2.05, 4.69) is 16.8 Å². The highest BCUT2D eigenvalue weighted by atomic mass is 32.1. The highest BCUT2D eigenvalue weighted by Gasteiger charge is 2.25. The van der Waals surface area contributed by atoms with E-state index in [1.54, 1.807) is 0 Å². The second-order valence-corrected chi connectivity index (χ2v) is 6.22. The summed E-state index contributed by atoms with van der Waals surface area (Å²) in [5.74, 6) is 0.365. The van der Waals surface area contributed by atoms with Crippen LogP contribution in [0.1, 0.15) is 23.0 Å². The lowest BCUT2D eigenvalue weighted by Crippen LogP contribution is -2.48. The summed E-state index contributed by atoms with van der Waals surface area (Å²) in [5.41, 5.74) is 5.88. The fourth-order valence-corrected chi connectivity index (χ4v) is 3.17. The maximum absolute atomic E-state index is 12.5. The standard InChI is InChI=1S/C13H23N5OS/c1-4-5-17-6-8-18(9-7-17)12(19)10-11(14)15-13(20-10)16(2)3/h4-9,14H2,1-3H3. The first-order chi connectivity index (χ1) is 9.52. The van der Waals surface area contributed by atoms with Gasteiger partial charge in [0.05, 0.1) is 0 Å². The molecule has 1 aromatic rings. The van der Waals surface area contributed by atoms with Crippen LogP contribution in [0.2, 0.25) is 0 Å². The second-order valence-electron chi connectivity index (χ2n) is 5.24. The van der Waals surface area contributed by atoms with Gasteiger partial charge in [-0.2, -0.15) is 0 Å². The lowest BCUT2D eigenvalue weighted by Gasteiger charge is -2.34. The number of amides is 1. The number of carbonyl (C=O) groups is 1. The summed E-state index contributed by atoms with van der Waals surface area (Å²) in [5, 5.41) is 0.774. The molecule has 6 nitrogen and oxygen atoms in total. The number of hydrogen-bond donors (Lipinski definition) is 1. The summed E-state index contributed by atoms with van der Waals surface area (Å²) in [6.07, 6.45) is 1.15. The molecule has 112 valence electrons. The summed E-state index contributed by atoms with van der Waals surface area (Å²) < 4.78 is 0. The molecule has 2 heterocycles. The van der Waals surface area contributed by atoms with Crippen molar-refractivity contribution in [2.75, 3.05) is 57.5 Å². The van der Waals surface area contributed by atoms with Crippen LogP contribution in [0.3, 0.4) is 0 Å². The molecule has 0 atom stereocenters. The molecule has 1 aliphatic rings. The predicted molar refractivity (Wildman–Crippen MR) is 83.5 cm³/mol. The van der Waals surface area contributed by atoms with E-state index in [1.165, 1.54) is 11.3 Å². The van der Waals surface area contributed by atoms with E-state index < -0.39 is 0 Å². The smallest absolute Gasteiger partial charge is 0.267 e. The van der Waals surface area contributed by atoms with E-state index in [9.17, 15) is 4.79 Å². The van der Waals surface area contributed by atoms with Gasteiger partial charge in [0.2, 0.25) is 0 Å². The van der Waals surface area contributed by atoms with Crippen LogP contribution in [0.15, 0.2) is 0 Å². The molecule has 0 radical (unpaired) electrons. The van der Waals surface area contributed by atoms with Crippen molar-refractivity contribution in [3.05, 3.63) is 4.88 Å². The maximum Gasteiger partial charge on any atom is 0.267 e. The first kappa shape index (κ1) is 15.1. The topological polar surface area (TPSA) is 65.7 Å². The molecule has 0 spiro atoms. The number of rotatable bonds is 4. The molecule has 0 bridgehead atoms. The molecule has 0 saturated carbocycles. The minimum Gasteiger partial charge on any atom is -0.382 e. The van der Waals surface area contributed by atoms with Crippen molar-refractivity contribution < 1.29 is 4.79 Å². The third-order valence-electron chi connectivity index (χ3n) is 3.42. The van der Waals surface area contributed by atoms with Gasteiger partial charge in [-0.15, -0.1) is 0 Å². The highest BCUT2D eigenvalue weighted by molar-refractivity contribution is 7.18. The molecule has 1 aliphatic heterocycles. The average molecular weight is 297 g/mol. The summed E-state index contributed by atoms with van der Waals surface area (Å²) in [6, 6.07) is 0. The average Bonchev–Trinajstić information content (AvgIpc) is 2.81. The van der Waals surface area contributed by atoms with Gasteiger partial charge in [0.25, 0.3) is 5.91 Å². The van der Waals surface area contributed by atoms with Gasteiger partial charge in [0.1, 0.15) is 10.7 Å². The SMILES string of the molecule is CCCN1CCN(C(=O)c2sc(N(C)C)nc2N)CC1. The highest BCUT2D eigenvalue weighted by Crippen LogP contribution is 2.28.